The Morgan fingerprint density at radius 1 is 1.25 bits per heavy atom. The van der Waals surface area contributed by atoms with Gasteiger partial charge in [-0.25, -0.2) is 9.78 Å². The summed E-state index contributed by atoms with van der Waals surface area (Å²) in [5.74, 6) is -1.48. The number of carboxylic acids is 1. The zero-order valence-corrected chi connectivity index (χ0v) is 10.7. The Bertz CT molecular complexity index is 497. The van der Waals surface area contributed by atoms with Gasteiger partial charge in [0.25, 0.3) is 0 Å². The van der Waals surface area contributed by atoms with Crippen LogP contribution in [0.5, 0.6) is 0 Å². The Morgan fingerprint density at radius 2 is 1.90 bits per heavy atom. The molecule has 1 heterocycles. The fourth-order valence-electron chi connectivity index (χ4n) is 2.34. The Morgan fingerprint density at radius 3 is 2.45 bits per heavy atom. The third-order valence-corrected chi connectivity index (χ3v) is 3.36. The number of carboxylic acid groups (broad SMARTS) is 1. The Balaban J connectivity index is 2.29. The maximum atomic E-state index is 12.6. The zero-order chi connectivity index (χ0) is 14.8. The number of nitrogens with one attached hydrogen (secondary N) is 1. The SMILES string of the molecule is O=C(O)c1ccc(C(F)(F)F)nc1NC1CCCCC1. The maximum absolute atomic E-state index is 12.6. The number of hydrogen-bond donors (Lipinski definition) is 2. The van der Waals surface area contributed by atoms with E-state index in [4.69, 9.17) is 5.11 Å². The molecular formula is C13H15F3N2O2. The number of halogens is 3. The topological polar surface area (TPSA) is 62.2 Å². The van der Waals surface area contributed by atoms with E-state index in [1.165, 1.54) is 0 Å². The highest BCUT2D eigenvalue weighted by Crippen LogP contribution is 2.30. The highest BCUT2D eigenvalue weighted by atomic mass is 19.4. The number of anilines is 1. The van der Waals surface area contributed by atoms with E-state index in [-0.39, 0.29) is 17.4 Å². The molecule has 0 amide bonds. The fourth-order valence-corrected chi connectivity index (χ4v) is 2.34. The van der Waals surface area contributed by atoms with Crippen LogP contribution in [0.15, 0.2) is 12.1 Å². The molecule has 0 spiro atoms. The van der Waals surface area contributed by atoms with E-state index in [2.05, 4.69) is 10.3 Å². The first-order valence-corrected chi connectivity index (χ1v) is 6.46. The predicted molar refractivity (Wildman–Crippen MR) is 66.7 cm³/mol. The van der Waals surface area contributed by atoms with Crippen molar-refractivity contribution in [3.8, 4) is 0 Å². The van der Waals surface area contributed by atoms with Gasteiger partial charge >= 0.3 is 12.1 Å². The first kappa shape index (κ1) is 14.6. The molecule has 1 saturated carbocycles. The van der Waals surface area contributed by atoms with Gasteiger partial charge in [0.05, 0.1) is 0 Å². The summed E-state index contributed by atoms with van der Waals surface area (Å²) in [6.07, 6.45) is 0.117. The zero-order valence-electron chi connectivity index (χ0n) is 10.7. The monoisotopic (exact) mass is 288 g/mol. The molecule has 0 saturated heterocycles. The van der Waals surface area contributed by atoms with Crippen LogP contribution < -0.4 is 5.32 Å². The average molecular weight is 288 g/mol. The van der Waals surface area contributed by atoms with Crippen LogP contribution >= 0.6 is 0 Å². The summed E-state index contributed by atoms with van der Waals surface area (Å²) in [5.41, 5.74) is -1.32. The number of aromatic carboxylic acids is 1. The van der Waals surface area contributed by atoms with E-state index in [1.54, 1.807) is 0 Å². The molecular weight excluding hydrogens is 273 g/mol. The van der Waals surface area contributed by atoms with Gasteiger partial charge in [0.1, 0.15) is 17.1 Å². The second-order valence-electron chi connectivity index (χ2n) is 4.87. The number of carbonyl (C=O) groups is 1. The molecule has 7 heteroatoms. The van der Waals surface area contributed by atoms with E-state index in [1.807, 2.05) is 0 Å². The van der Waals surface area contributed by atoms with Gasteiger partial charge in [-0.2, -0.15) is 13.2 Å². The minimum absolute atomic E-state index is 0.0159. The highest BCUT2D eigenvalue weighted by molar-refractivity contribution is 5.93. The van der Waals surface area contributed by atoms with Crippen LogP contribution in [0.1, 0.15) is 48.2 Å². The van der Waals surface area contributed by atoms with Crippen LogP contribution in [0, 0.1) is 0 Å². The van der Waals surface area contributed by atoms with Crippen molar-refractivity contribution >= 4 is 11.8 Å². The van der Waals surface area contributed by atoms with E-state index < -0.39 is 17.8 Å². The van der Waals surface area contributed by atoms with Gasteiger partial charge in [0.2, 0.25) is 0 Å². The summed E-state index contributed by atoms with van der Waals surface area (Å²) in [6, 6.07) is 1.62. The lowest BCUT2D eigenvalue weighted by atomic mass is 9.95. The van der Waals surface area contributed by atoms with E-state index in [0.717, 1.165) is 38.2 Å². The molecule has 110 valence electrons. The molecule has 0 aliphatic heterocycles. The summed E-state index contributed by atoms with van der Waals surface area (Å²) in [7, 11) is 0. The number of nitrogens with zero attached hydrogens (tertiary/aromatic N) is 1. The summed E-state index contributed by atoms with van der Waals surface area (Å²) >= 11 is 0. The predicted octanol–water partition coefficient (Wildman–Crippen LogP) is 3.54. The van der Waals surface area contributed by atoms with Gasteiger partial charge in [0, 0.05) is 6.04 Å². The number of alkyl halides is 3. The minimum atomic E-state index is -4.58. The summed E-state index contributed by atoms with van der Waals surface area (Å²) < 4.78 is 37.9. The van der Waals surface area contributed by atoms with E-state index in [0.29, 0.717) is 6.07 Å². The van der Waals surface area contributed by atoms with Crippen molar-refractivity contribution in [2.45, 2.75) is 44.3 Å². The Hall–Kier alpha value is -1.79. The van der Waals surface area contributed by atoms with Crippen LogP contribution in [0.25, 0.3) is 0 Å². The van der Waals surface area contributed by atoms with Gasteiger partial charge in [-0.15, -0.1) is 0 Å². The van der Waals surface area contributed by atoms with Gasteiger partial charge in [-0.1, -0.05) is 19.3 Å². The Kier molecular flexibility index (Phi) is 4.15. The number of pyridine rings is 1. The number of aromatic nitrogens is 1. The Labute approximate surface area is 114 Å². The molecule has 0 atom stereocenters. The molecule has 20 heavy (non-hydrogen) atoms. The largest absolute Gasteiger partial charge is 0.478 e. The summed E-state index contributed by atoms with van der Waals surface area (Å²) in [6.45, 7) is 0. The van der Waals surface area contributed by atoms with Gasteiger partial charge in [-0.05, 0) is 25.0 Å². The molecule has 1 aliphatic rings. The number of hydrogen-bond acceptors (Lipinski definition) is 3. The minimum Gasteiger partial charge on any atom is -0.478 e. The van der Waals surface area contributed by atoms with Crippen molar-refractivity contribution in [2.24, 2.45) is 0 Å². The van der Waals surface area contributed by atoms with Crippen LogP contribution in [0.3, 0.4) is 0 Å². The number of rotatable bonds is 3. The fraction of sp³-hybridized carbons (Fsp3) is 0.538. The lowest BCUT2D eigenvalue weighted by Gasteiger charge is -2.24. The van der Waals surface area contributed by atoms with Gasteiger partial charge in [0.15, 0.2) is 0 Å². The van der Waals surface area contributed by atoms with E-state index >= 15 is 0 Å². The molecule has 0 radical (unpaired) electrons. The van der Waals surface area contributed by atoms with Crippen LogP contribution in [0.4, 0.5) is 19.0 Å². The van der Waals surface area contributed by atoms with Crippen molar-refractivity contribution in [3.63, 3.8) is 0 Å². The molecule has 2 rings (SSSR count). The molecule has 1 aromatic rings. The quantitative estimate of drug-likeness (QED) is 0.893. The van der Waals surface area contributed by atoms with Crippen molar-refractivity contribution in [2.75, 3.05) is 5.32 Å². The van der Waals surface area contributed by atoms with Crippen molar-refractivity contribution in [3.05, 3.63) is 23.4 Å². The molecule has 0 unspecified atom stereocenters. The molecule has 0 bridgehead atoms. The average Bonchev–Trinajstić information content (AvgIpc) is 2.38. The first-order valence-electron chi connectivity index (χ1n) is 6.46. The smallest absolute Gasteiger partial charge is 0.433 e. The third-order valence-electron chi connectivity index (χ3n) is 3.36. The molecule has 1 aliphatic carbocycles. The summed E-state index contributed by atoms with van der Waals surface area (Å²) in [5, 5.41) is 11.9. The standard InChI is InChI=1S/C13H15F3N2O2/c14-13(15,16)10-7-6-9(12(19)20)11(18-10)17-8-4-2-1-3-5-8/h6-8H,1-5H2,(H,17,18)(H,19,20). The summed E-state index contributed by atoms with van der Waals surface area (Å²) in [4.78, 5) is 14.5. The normalized spacial score (nSPS) is 16.9. The van der Waals surface area contributed by atoms with Crippen LogP contribution in [-0.4, -0.2) is 22.1 Å². The molecule has 4 nitrogen and oxygen atoms in total. The lowest BCUT2D eigenvalue weighted by Crippen LogP contribution is -2.25. The second-order valence-corrected chi connectivity index (χ2v) is 4.87. The molecule has 1 aromatic heterocycles. The van der Waals surface area contributed by atoms with Crippen LogP contribution in [-0.2, 0) is 6.18 Å². The van der Waals surface area contributed by atoms with Gasteiger partial charge < -0.3 is 10.4 Å². The molecule has 0 aromatic carbocycles. The molecule has 2 N–H and O–H groups in total. The van der Waals surface area contributed by atoms with Crippen molar-refractivity contribution < 1.29 is 23.1 Å². The van der Waals surface area contributed by atoms with E-state index in [9.17, 15) is 18.0 Å². The first-order chi connectivity index (χ1) is 9.38. The van der Waals surface area contributed by atoms with Crippen molar-refractivity contribution in [1.29, 1.82) is 0 Å². The maximum Gasteiger partial charge on any atom is 0.433 e. The highest BCUT2D eigenvalue weighted by Gasteiger charge is 2.33. The molecule has 1 fully saturated rings. The lowest BCUT2D eigenvalue weighted by molar-refractivity contribution is -0.141. The van der Waals surface area contributed by atoms with Crippen molar-refractivity contribution in [1.82, 2.24) is 4.98 Å². The third kappa shape index (κ3) is 3.40. The second kappa shape index (κ2) is 5.68. The van der Waals surface area contributed by atoms with Gasteiger partial charge in [-0.3, -0.25) is 0 Å². The van der Waals surface area contributed by atoms with Crippen LogP contribution in [0.2, 0.25) is 0 Å².